The van der Waals surface area contributed by atoms with Gasteiger partial charge in [-0.25, -0.2) is 8.78 Å². The molecule has 0 saturated carbocycles. The van der Waals surface area contributed by atoms with Crippen molar-refractivity contribution in [2.75, 3.05) is 0 Å². The molecule has 0 amide bonds. The molecule has 0 radical (unpaired) electrons. The molecule has 3 nitrogen and oxygen atoms in total. The highest BCUT2D eigenvalue weighted by Crippen LogP contribution is 2.17. The van der Waals surface area contributed by atoms with E-state index >= 15 is 0 Å². The lowest BCUT2D eigenvalue weighted by Gasteiger charge is -2.03. The Hall–Kier alpha value is -2.04. The molecule has 17 heavy (non-hydrogen) atoms. The van der Waals surface area contributed by atoms with Crippen LogP contribution in [0, 0.1) is 18.6 Å². The lowest BCUT2D eigenvalue weighted by molar-refractivity contribution is 0.102. The lowest BCUT2D eigenvalue weighted by atomic mass is 10.0. The molecule has 0 unspecified atom stereocenters. The van der Waals surface area contributed by atoms with Gasteiger partial charge in [-0.1, -0.05) is 0 Å². The molecule has 0 aliphatic heterocycles. The quantitative estimate of drug-likeness (QED) is 0.749. The largest absolute Gasteiger partial charge is 0.287 e. The van der Waals surface area contributed by atoms with E-state index in [2.05, 4.69) is 5.10 Å². The third kappa shape index (κ3) is 2.08. The van der Waals surface area contributed by atoms with E-state index in [1.54, 1.807) is 13.2 Å². The Bertz CT molecular complexity index is 590. The van der Waals surface area contributed by atoms with Gasteiger partial charge >= 0.3 is 0 Å². The highest BCUT2D eigenvalue weighted by molar-refractivity contribution is 6.07. The summed E-state index contributed by atoms with van der Waals surface area (Å²) in [4.78, 5) is 11.9. The molecular weight excluding hydrogens is 226 g/mol. The fourth-order valence-corrected chi connectivity index (χ4v) is 1.51. The molecule has 2 aromatic rings. The van der Waals surface area contributed by atoms with Crippen LogP contribution in [0.5, 0.6) is 0 Å². The van der Waals surface area contributed by atoms with Crippen LogP contribution >= 0.6 is 0 Å². The second kappa shape index (κ2) is 4.08. The first kappa shape index (κ1) is 11.4. The molecule has 1 aromatic heterocycles. The van der Waals surface area contributed by atoms with Crippen LogP contribution in [0.25, 0.3) is 0 Å². The summed E-state index contributed by atoms with van der Waals surface area (Å²) in [5.74, 6) is -2.09. The van der Waals surface area contributed by atoms with Crippen LogP contribution in [0.1, 0.15) is 21.6 Å². The van der Waals surface area contributed by atoms with Crippen LogP contribution < -0.4 is 0 Å². The predicted octanol–water partition coefficient (Wildman–Crippen LogP) is 2.24. The molecule has 0 aliphatic carbocycles. The number of hydrogen-bond acceptors (Lipinski definition) is 2. The van der Waals surface area contributed by atoms with Gasteiger partial charge in [0.15, 0.2) is 0 Å². The summed E-state index contributed by atoms with van der Waals surface area (Å²) in [6.45, 7) is 1.48. The Balaban J connectivity index is 2.47. The van der Waals surface area contributed by atoms with Gasteiger partial charge in [0.05, 0.1) is 5.56 Å². The van der Waals surface area contributed by atoms with Crippen LogP contribution in [0.15, 0.2) is 24.4 Å². The van der Waals surface area contributed by atoms with Crippen LogP contribution in [0.3, 0.4) is 0 Å². The number of carbonyl (C=O) groups is 1. The SMILES string of the molecule is Cc1cc(C(=O)c2ccn(C)n2)c(F)cc1F. The summed E-state index contributed by atoms with van der Waals surface area (Å²) in [6.07, 6.45) is 1.58. The van der Waals surface area contributed by atoms with E-state index in [0.29, 0.717) is 6.07 Å². The van der Waals surface area contributed by atoms with Crippen molar-refractivity contribution in [3.8, 4) is 0 Å². The van der Waals surface area contributed by atoms with Crippen LogP contribution in [0.4, 0.5) is 8.78 Å². The van der Waals surface area contributed by atoms with E-state index in [1.807, 2.05) is 0 Å². The van der Waals surface area contributed by atoms with Crippen LogP contribution in [0.2, 0.25) is 0 Å². The van der Waals surface area contributed by atoms with E-state index in [1.165, 1.54) is 23.7 Å². The zero-order valence-electron chi connectivity index (χ0n) is 9.37. The highest BCUT2D eigenvalue weighted by Gasteiger charge is 2.18. The van der Waals surface area contributed by atoms with Crippen molar-refractivity contribution >= 4 is 5.78 Å². The smallest absolute Gasteiger partial charge is 0.216 e. The fourth-order valence-electron chi connectivity index (χ4n) is 1.51. The molecule has 0 saturated heterocycles. The first-order valence-electron chi connectivity index (χ1n) is 4.99. The minimum Gasteiger partial charge on any atom is -0.287 e. The summed E-state index contributed by atoms with van der Waals surface area (Å²) in [5.41, 5.74) is 0.200. The minimum atomic E-state index is -0.872. The van der Waals surface area contributed by atoms with Crippen molar-refractivity contribution in [2.45, 2.75) is 6.92 Å². The van der Waals surface area contributed by atoms with Crippen molar-refractivity contribution < 1.29 is 13.6 Å². The molecule has 0 N–H and O–H groups in total. The van der Waals surface area contributed by atoms with Crippen molar-refractivity contribution in [1.82, 2.24) is 9.78 Å². The summed E-state index contributed by atoms with van der Waals surface area (Å²) < 4.78 is 28.0. The molecule has 0 bridgehead atoms. The summed E-state index contributed by atoms with van der Waals surface area (Å²) in [7, 11) is 1.66. The van der Waals surface area contributed by atoms with Crippen molar-refractivity contribution in [2.24, 2.45) is 7.05 Å². The molecule has 0 aliphatic rings. The van der Waals surface area contributed by atoms with Gasteiger partial charge in [-0.05, 0) is 24.6 Å². The third-order valence-electron chi connectivity index (χ3n) is 2.44. The Morgan fingerprint density at radius 2 is 2.00 bits per heavy atom. The zero-order chi connectivity index (χ0) is 12.6. The van der Waals surface area contributed by atoms with Gasteiger partial charge in [-0.3, -0.25) is 9.48 Å². The molecule has 2 rings (SSSR count). The van der Waals surface area contributed by atoms with E-state index in [4.69, 9.17) is 0 Å². The zero-order valence-corrected chi connectivity index (χ0v) is 9.37. The number of benzene rings is 1. The maximum atomic E-state index is 13.5. The number of rotatable bonds is 2. The van der Waals surface area contributed by atoms with Gasteiger partial charge in [0, 0.05) is 19.3 Å². The predicted molar refractivity (Wildman–Crippen MR) is 57.7 cm³/mol. The van der Waals surface area contributed by atoms with Gasteiger partial charge in [-0.15, -0.1) is 0 Å². The normalized spacial score (nSPS) is 10.6. The number of nitrogens with zero attached hydrogens (tertiary/aromatic N) is 2. The maximum Gasteiger partial charge on any atom is 0.216 e. The highest BCUT2D eigenvalue weighted by atomic mass is 19.1. The van der Waals surface area contributed by atoms with E-state index in [-0.39, 0.29) is 16.8 Å². The standard InChI is InChI=1S/C12H10F2N2O/c1-7-5-8(10(14)6-9(7)13)12(17)11-3-4-16(2)15-11/h3-6H,1-2H3. The average molecular weight is 236 g/mol. The van der Waals surface area contributed by atoms with Gasteiger partial charge in [-0.2, -0.15) is 5.10 Å². The van der Waals surface area contributed by atoms with Gasteiger partial charge in [0.1, 0.15) is 17.3 Å². The Kier molecular flexibility index (Phi) is 2.75. The maximum absolute atomic E-state index is 13.5. The topological polar surface area (TPSA) is 34.9 Å². The van der Waals surface area contributed by atoms with E-state index in [0.717, 1.165) is 0 Å². The second-order valence-electron chi connectivity index (χ2n) is 3.79. The van der Waals surface area contributed by atoms with E-state index < -0.39 is 17.4 Å². The van der Waals surface area contributed by atoms with Crippen molar-refractivity contribution in [1.29, 1.82) is 0 Å². The lowest BCUT2D eigenvalue weighted by Crippen LogP contribution is -2.07. The number of carbonyl (C=O) groups excluding carboxylic acids is 1. The van der Waals surface area contributed by atoms with Crippen molar-refractivity contribution in [3.05, 3.63) is 52.9 Å². The summed E-state index contributed by atoms with van der Waals surface area (Å²) in [6, 6.07) is 3.40. The molecule has 0 atom stereocenters. The first-order chi connectivity index (χ1) is 7.99. The van der Waals surface area contributed by atoms with Crippen LogP contribution in [-0.2, 0) is 7.05 Å². The molecule has 0 fully saturated rings. The summed E-state index contributed by atoms with van der Waals surface area (Å²) in [5, 5.41) is 3.89. The molecule has 1 heterocycles. The van der Waals surface area contributed by atoms with Gasteiger partial charge in [0.25, 0.3) is 0 Å². The molecular formula is C12H10F2N2O. The monoisotopic (exact) mass is 236 g/mol. The molecule has 1 aromatic carbocycles. The molecule has 0 spiro atoms. The second-order valence-corrected chi connectivity index (χ2v) is 3.79. The Morgan fingerprint density at radius 1 is 1.29 bits per heavy atom. The minimum absolute atomic E-state index is 0.136. The number of hydrogen-bond donors (Lipinski definition) is 0. The first-order valence-corrected chi connectivity index (χ1v) is 4.99. The molecule has 88 valence electrons. The van der Waals surface area contributed by atoms with Crippen LogP contribution in [-0.4, -0.2) is 15.6 Å². The third-order valence-corrected chi connectivity index (χ3v) is 2.44. The Labute approximate surface area is 96.7 Å². The van der Waals surface area contributed by atoms with Gasteiger partial charge < -0.3 is 0 Å². The fraction of sp³-hybridized carbons (Fsp3) is 0.167. The number of aromatic nitrogens is 2. The Morgan fingerprint density at radius 3 is 2.59 bits per heavy atom. The summed E-state index contributed by atoms with van der Waals surface area (Å²) >= 11 is 0. The number of ketones is 1. The number of aryl methyl sites for hydroxylation is 2. The van der Waals surface area contributed by atoms with Gasteiger partial charge in [0.2, 0.25) is 5.78 Å². The van der Waals surface area contributed by atoms with E-state index in [9.17, 15) is 13.6 Å². The average Bonchev–Trinajstić information content (AvgIpc) is 2.69. The number of halogens is 2. The van der Waals surface area contributed by atoms with Crippen molar-refractivity contribution in [3.63, 3.8) is 0 Å². The molecule has 5 heteroatoms.